The van der Waals surface area contributed by atoms with E-state index in [0.29, 0.717) is 38.8 Å². The fourth-order valence-corrected chi connectivity index (χ4v) is 14.7. The molecule has 5 N–H and O–H groups in total. The van der Waals surface area contributed by atoms with E-state index >= 15 is 33.6 Å². The van der Waals surface area contributed by atoms with Crippen LogP contribution in [-0.4, -0.2) is 269 Å². The van der Waals surface area contributed by atoms with Crippen molar-refractivity contribution in [2.45, 2.75) is 303 Å². The van der Waals surface area contributed by atoms with Crippen LogP contribution in [-0.2, 0) is 62.3 Å². The van der Waals surface area contributed by atoms with Gasteiger partial charge in [-0.25, -0.2) is 0 Å². The molecule has 1 unspecified atom stereocenters. The topological polar surface area (TPSA) is 308 Å². The Hall–Kier alpha value is -6.65. The second kappa shape index (κ2) is 42.8. The predicted molar refractivity (Wildman–Crippen MR) is 393 cm³/mol. The first-order valence-electron chi connectivity index (χ1n) is 38.9. The number of carbonyl (C=O) groups excluding carboxylic acids is 12. The summed E-state index contributed by atoms with van der Waals surface area (Å²) in [7, 11) is 8.39. The van der Waals surface area contributed by atoms with Crippen LogP contribution in [0.4, 0.5) is 13.2 Å². The Morgan fingerprint density at radius 3 is 1.50 bits per heavy atom. The van der Waals surface area contributed by atoms with Crippen molar-refractivity contribution >= 4 is 70.9 Å². The van der Waals surface area contributed by atoms with Crippen LogP contribution < -0.4 is 21.3 Å². The third kappa shape index (κ3) is 28.1. The molecule has 2 heterocycles. The van der Waals surface area contributed by atoms with Crippen molar-refractivity contribution in [3.63, 3.8) is 0 Å². The molecule has 12 amide bonds. The van der Waals surface area contributed by atoms with Gasteiger partial charge in [0.05, 0.1) is 31.7 Å². The van der Waals surface area contributed by atoms with Crippen LogP contribution in [0.25, 0.3) is 0 Å². The van der Waals surface area contributed by atoms with E-state index < -0.39 is 194 Å². The molecule has 29 heteroatoms. The molecule has 4 aliphatic rings. The highest BCUT2D eigenvalue weighted by Crippen LogP contribution is 2.32. The van der Waals surface area contributed by atoms with Gasteiger partial charge in [0.2, 0.25) is 70.9 Å². The molecule has 0 radical (unpaired) electrons. The largest absolute Gasteiger partial charge is 0.414 e. The van der Waals surface area contributed by atoms with Crippen LogP contribution in [0.3, 0.4) is 0 Å². The zero-order valence-corrected chi connectivity index (χ0v) is 66.3. The number of nitrogens with zero attached hydrogens (tertiary/aromatic N) is 8. The van der Waals surface area contributed by atoms with Gasteiger partial charge in [-0.15, -0.1) is 0 Å². The molecule has 2 saturated carbocycles. The number of likely N-dealkylation sites (tertiary alicyclic amines) is 1. The molecule has 4 fully saturated rings. The molecule has 26 nitrogen and oxygen atoms in total. The SMILES string of the molecule is CCCCN1CC(=O)N(C)[C@@H](CC2CCCCC2)C(=O)N(C)[C@@H](CC(C)C)C(=O)N[C@@H](COC(C)(C)C)C(=O)N(C)[C@@H](CC(C)C)C(=O)N[C@H](C(=O)N2CCCCC2)CC(=O)N(C)CC(=O)N(C)[C@@H](CC2CCCCC2)C(=O)N[C@@H](C(C)C)C(=O)N(C)[C@@H](CC)C(=O)N[C@@H](CCCC(O)C(F)(F)F)C1=O. The molecule has 2 aliphatic carbocycles. The standard InChI is InChI=1S/C76H131F3N12O14/c1-18-20-37-91-46-64(95)86(14)60(43-52-33-26-22-27-34-52)73(103)89(17)58(41-49(5)6)68(98)82-55(47-105-75(9,10)11)70(100)88(16)57(40-48(3)4)67(97)81-54(72(102)90-38-28-23-29-39-90)44-62(93)84(12)45-63(94)85(13)59(42-51-31-24-21-25-32-51)69(99)83-65(50(7)8)74(104)87(15)56(19-2)66(96)80-53(71(91)101)35-30-36-61(92)76(77,78)79/h48-61,65,92H,18-47H2,1-17H3,(H,80,96)(H,81,97)(H,82,98)(H,83,99)/t53-,54-,55-,56-,57-,58-,59-,60-,61?,65-/m0/s1. The van der Waals surface area contributed by atoms with Crippen LogP contribution >= 0.6 is 0 Å². The normalized spacial score (nSPS) is 26.2. The van der Waals surface area contributed by atoms with Crippen molar-refractivity contribution in [2.24, 2.45) is 29.6 Å². The highest BCUT2D eigenvalue weighted by molar-refractivity contribution is 5.99. The fourth-order valence-electron chi connectivity index (χ4n) is 14.7. The van der Waals surface area contributed by atoms with Gasteiger partial charge >= 0.3 is 6.18 Å². The molecule has 0 aromatic rings. The van der Waals surface area contributed by atoms with Crippen LogP contribution in [0.15, 0.2) is 0 Å². The molecular formula is C76H131F3N12O14. The molecular weight excluding hydrogens is 1360 g/mol. The van der Waals surface area contributed by atoms with Gasteiger partial charge < -0.3 is 70.3 Å². The Bertz CT molecular complexity index is 2880. The number of nitrogens with one attached hydrogen (secondary N) is 4. The van der Waals surface area contributed by atoms with Gasteiger partial charge in [-0.3, -0.25) is 57.5 Å². The summed E-state index contributed by atoms with van der Waals surface area (Å²) in [5.41, 5.74) is -0.871. The summed E-state index contributed by atoms with van der Waals surface area (Å²) in [6.45, 7) is 18.4. The van der Waals surface area contributed by atoms with Gasteiger partial charge in [0, 0.05) is 61.9 Å². The number of aliphatic hydroxyl groups excluding tert-OH is 1. The summed E-state index contributed by atoms with van der Waals surface area (Å²) in [5.74, 6) is -9.94. The van der Waals surface area contributed by atoms with E-state index in [1.54, 1.807) is 46.4 Å². The van der Waals surface area contributed by atoms with Crippen molar-refractivity contribution in [2.75, 3.05) is 81.6 Å². The van der Waals surface area contributed by atoms with Gasteiger partial charge in [0.25, 0.3) is 0 Å². The Labute approximate surface area is 623 Å². The number of likely N-dealkylation sites (N-methyl/N-ethyl adjacent to an activating group) is 6. The second-order valence-corrected chi connectivity index (χ2v) is 32.4. The van der Waals surface area contributed by atoms with Crippen molar-refractivity contribution in [3.8, 4) is 0 Å². The van der Waals surface area contributed by atoms with Crippen LogP contribution in [0.2, 0.25) is 0 Å². The van der Waals surface area contributed by atoms with E-state index in [0.717, 1.165) is 80.4 Å². The minimum Gasteiger partial charge on any atom is -0.384 e. The zero-order chi connectivity index (χ0) is 79.0. The number of rotatable bonds is 20. The molecule has 4 rings (SSSR count). The van der Waals surface area contributed by atoms with E-state index in [-0.39, 0.29) is 62.3 Å². The lowest BCUT2D eigenvalue weighted by atomic mass is 9.84. The van der Waals surface area contributed by atoms with Crippen LogP contribution in [0, 0.1) is 29.6 Å². The molecule has 0 spiro atoms. The average molecular weight is 1490 g/mol. The average Bonchev–Trinajstić information content (AvgIpc) is 0.815. The van der Waals surface area contributed by atoms with E-state index in [9.17, 15) is 42.3 Å². The minimum atomic E-state index is -5.01. The fraction of sp³-hybridized carbons (Fsp3) is 0.842. The number of halogens is 3. The summed E-state index contributed by atoms with van der Waals surface area (Å²) in [6.07, 6.45) is 1.65. The quantitative estimate of drug-likeness (QED) is 0.0861. The molecule has 0 bridgehead atoms. The summed E-state index contributed by atoms with van der Waals surface area (Å²) < 4.78 is 47.7. The summed E-state index contributed by atoms with van der Waals surface area (Å²) in [5, 5.41) is 21.4. The Kier molecular flexibility index (Phi) is 37.0. The first-order valence-corrected chi connectivity index (χ1v) is 38.9. The Balaban J connectivity index is 1.99. The number of aliphatic hydroxyl groups is 1. The minimum absolute atomic E-state index is 0.0137. The molecule has 600 valence electrons. The Morgan fingerprint density at radius 1 is 0.533 bits per heavy atom. The lowest BCUT2D eigenvalue weighted by Crippen LogP contribution is -2.61. The third-order valence-electron chi connectivity index (χ3n) is 21.4. The molecule has 10 atom stereocenters. The summed E-state index contributed by atoms with van der Waals surface area (Å²) in [4.78, 5) is 191. The van der Waals surface area contributed by atoms with Crippen molar-refractivity contribution in [3.05, 3.63) is 0 Å². The number of carbonyl (C=O) groups is 12. The number of hydrogen-bond acceptors (Lipinski definition) is 14. The number of amides is 12. The third-order valence-corrected chi connectivity index (χ3v) is 21.4. The molecule has 2 aliphatic heterocycles. The van der Waals surface area contributed by atoms with E-state index in [1.807, 2.05) is 34.6 Å². The number of alkyl halides is 3. The smallest absolute Gasteiger partial charge is 0.384 e. The maximum absolute atomic E-state index is 15.6. The molecule has 2 saturated heterocycles. The monoisotopic (exact) mass is 1490 g/mol. The maximum Gasteiger partial charge on any atom is 0.414 e. The predicted octanol–water partition coefficient (Wildman–Crippen LogP) is 6.57. The van der Waals surface area contributed by atoms with Gasteiger partial charge in [0.1, 0.15) is 60.5 Å². The number of unbranched alkanes of at least 4 members (excludes halogenated alkanes) is 1. The van der Waals surface area contributed by atoms with Gasteiger partial charge in [-0.2, -0.15) is 13.2 Å². The second-order valence-electron chi connectivity index (χ2n) is 32.4. The first kappa shape index (κ1) is 90.7. The highest BCUT2D eigenvalue weighted by atomic mass is 19.4. The van der Waals surface area contributed by atoms with Crippen LogP contribution in [0.1, 0.15) is 230 Å². The highest BCUT2D eigenvalue weighted by Gasteiger charge is 2.45. The van der Waals surface area contributed by atoms with E-state index in [4.69, 9.17) is 4.74 Å². The molecule has 0 aromatic carbocycles. The molecule has 0 aromatic heterocycles. The molecule has 105 heavy (non-hydrogen) atoms. The summed E-state index contributed by atoms with van der Waals surface area (Å²) in [6, 6.07) is -12.3. The number of hydrogen-bond donors (Lipinski definition) is 5. The summed E-state index contributed by atoms with van der Waals surface area (Å²) >= 11 is 0. The Morgan fingerprint density at radius 2 is 1.00 bits per heavy atom. The van der Waals surface area contributed by atoms with Crippen molar-refractivity contribution in [1.82, 2.24) is 60.5 Å². The van der Waals surface area contributed by atoms with E-state index in [2.05, 4.69) is 21.3 Å². The lowest BCUT2D eigenvalue weighted by Gasteiger charge is -2.38. The van der Waals surface area contributed by atoms with Crippen molar-refractivity contribution < 1.29 is 80.5 Å². The first-order chi connectivity index (χ1) is 49.1. The van der Waals surface area contributed by atoms with Gasteiger partial charge in [-0.1, -0.05) is 126 Å². The number of piperidine rings is 1. The van der Waals surface area contributed by atoms with Gasteiger partial charge in [-0.05, 0) is 127 Å². The lowest BCUT2D eigenvalue weighted by molar-refractivity contribution is -0.205. The van der Waals surface area contributed by atoms with Gasteiger partial charge in [0.15, 0.2) is 0 Å². The zero-order valence-electron chi connectivity index (χ0n) is 66.3. The number of ether oxygens (including phenoxy) is 1. The van der Waals surface area contributed by atoms with E-state index in [1.165, 1.54) is 66.8 Å². The maximum atomic E-state index is 15.6. The van der Waals surface area contributed by atoms with Crippen LogP contribution in [0.5, 0.6) is 0 Å². The van der Waals surface area contributed by atoms with Crippen molar-refractivity contribution in [1.29, 1.82) is 0 Å².